The van der Waals surface area contributed by atoms with E-state index in [-0.39, 0.29) is 11.9 Å². The van der Waals surface area contributed by atoms with E-state index in [4.69, 9.17) is 21.1 Å². The maximum Gasteiger partial charge on any atom is 0.244 e. The van der Waals surface area contributed by atoms with Crippen LogP contribution in [-0.2, 0) is 17.4 Å². The minimum absolute atomic E-state index is 0.0890. The van der Waals surface area contributed by atoms with Crippen LogP contribution in [0.2, 0.25) is 5.28 Å². The third kappa shape index (κ3) is 3.85. The normalized spacial score (nSPS) is 15.0. The molecule has 10 heteroatoms. The number of halogens is 1. The van der Waals surface area contributed by atoms with Gasteiger partial charge in [-0.3, -0.25) is 4.21 Å². The fraction of sp³-hybridized carbons (Fsp3) is 0.333. The SMILES string of the molecule is COc1ccccc1COc1ncnc2c(N3CCS(=O)CC3)nc(Cl)nc12. The Morgan fingerprint density at radius 2 is 1.93 bits per heavy atom. The zero-order chi connectivity index (χ0) is 19.5. The number of hydrogen-bond donors (Lipinski definition) is 0. The van der Waals surface area contributed by atoms with E-state index in [2.05, 4.69) is 19.9 Å². The lowest BCUT2D eigenvalue weighted by atomic mass is 10.2. The van der Waals surface area contributed by atoms with Crippen LogP contribution in [0.5, 0.6) is 11.6 Å². The first-order valence-corrected chi connectivity index (χ1v) is 10.5. The Morgan fingerprint density at radius 1 is 1.14 bits per heavy atom. The minimum Gasteiger partial charge on any atom is -0.496 e. The van der Waals surface area contributed by atoms with Gasteiger partial charge < -0.3 is 14.4 Å². The monoisotopic (exact) mass is 419 g/mol. The Bertz CT molecular complexity index is 1030. The van der Waals surface area contributed by atoms with Crippen molar-refractivity contribution in [2.45, 2.75) is 6.61 Å². The van der Waals surface area contributed by atoms with Gasteiger partial charge in [-0.1, -0.05) is 18.2 Å². The molecule has 4 rings (SSSR count). The molecule has 0 spiro atoms. The number of methoxy groups -OCH3 is 1. The number of para-hydroxylation sites is 1. The fourth-order valence-electron chi connectivity index (χ4n) is 3.03. The number of fused-ring (bicyclic) bond motifs is 1. The minimum atomic E-state index is -0.793. The third-order valence-corrected chi connectivity index (χ3v) is 5.88. The van der Waals surface area contributed by atoms with Gasteiger partial charge in [0.1, 0.15) is 24.2 Å². The number of anilines is 1. The van der Waals surface area contributed by atoms with Crippen molar-refractivity contribution in [3.8, 4) is 11.6 Å². The van der Waals surface area contributed by atoms with E-state index in [0.29, 0.717) is 47.3 Å². The molecule has 1 saturated heterocycles. The Hall–Kier alpha value is -2.52. The van der Waals surface area contributed by atoms with Crippen molar-refractivity contribution in [1.82, 2.24) is 19.9 Å². The lowest BCUT2D eigenvalue weighted by Crippen LogP contribution is -2.38. The number of nitrogens with zero attached hydrogens (tertiary/aromatic N) is 5. The molecule has 146 valence electrons. The molecule has 0 unspecified atom stereocenters. The van der Waals surface area contributed by atoms with Crippen LogP contribution in [0.15, 0.2) is 30.6 Å². The van der Waals surface area contributed by atoms with Gasteiger partial charge in [0.2, 0.25) is 11.2 Å². The first-order valence-electron chi connectivity index (χ1n) is 8.68. The van der Waals surface area contributed by atoms with Crippen LogP contribution in [0.25, 0.3) is 11.0 Å². The van der Waals surface area contributed by atoms with Gasteiger partial charge >= 0.3 is 0 Å². The molecule has 0 amide bonds. The molecule has 0 saturated carbocycles. The number of ether oxygens (including phenoxy) is 2. The highest BCUT2D eigenvalue weighted by Gasteiger charge is 2.22. The van der Waals surface area contributed by atoms with E-state index >= 15 is 0 Å². The second-order valence-corrected chi connectivity index (χ2v) is 8.16. The van der Waals surface area contributed by atoms with E-state index < -0.39 is 10.8 Å². The molecule has 0 radical (unpaired) electrons. The molecule has 3 aromatic rings. The second-order valence-electron chi connectivity index (χ2n) is 6.13. The van der Waals surface area contributed by atoms with Gasteiger partial charge in [0.25, 0.3) is 0 Å². The first-order chi connectivity index (χ1) is 13.7. The summed E-state index contributed by atoms with van der Waals surface area (Å²) in [6.45, 7) is 1.50. The van der Waals surface area contributed by atoms with Gasteiger partial charge in [0.15, 0.2) is 11.3 Å². The molecule has 8 nitrogen and oxygen atoms in total. The first kappa shape index (κ1) is 18.8. The van der Waals surface area contributed by atoms with Gasteiger partial charge in [0.05, 0.1) is 7.11 Å². The molecule has 0 bridgehead atoms. The number of aromatic nitrogens is 4. The summed E-state index contributed by atoms with van der Waals surface area (Å²) in [5, 5.41) is 0.0890. The molecule has 1 aliphatic rings. The van der Waals surface area contributed by atoms with Crippen molar-refractivity contribution in [3.05, 3.63) is 41.4 Å². The lowest BCUT2D eigenvalue weighted by Gasteiger charge is -2.27. The molecule has 0 aliphatic carbocycles. The summed E-state index contributed by atoms with van der Waals surface area (Å²) in [6, 6.07) is 7.60. The van der Waals surface area contributed by atoms with E-state index in [1.54, 1.807) is 7.11 Å². The van der Waals surface area contributed by atoms with E-state index in [9.17, 15) is 4.21 Å². The van der Waals surface area contributed by atoms with Crippen LogP contribution in [0.4, 0.5) is 5.82 Å². The Labute approximate surface area is 169 Å². The number of rotatable bonds is 5. The summed E-state index contributed by atoms with van der Waals surface area (Å²) in [5.41, 5.74) is 1.89. The van der Waals surface area contributed by atoms with Gasteiger partial charge in [0, 0.05) is 41.0 Å². The van der Waals surface area contributed by atoms with Crippen molar-refractivity contribution in [3.63, 3.8) is 0 Å². The molecule has 0 atom stereocenters. The van der Waals surface area contributed by atoms with Crippen molar-refractivity contribution >= 4 is 39.3 Å². The van der Waals surface area contributed by atoms with Gasteiger partial charge in [-0.25, -0.2) is 9.97 Å². The van der Waals surface area contributed by atoms with Crippen molar-refractivity contribution in [1.29, 1.82) is 0 Å². The highest BCUT2D eigenvalue weighted by atomic mass is 35.5. The Morgan fingerprint density at radius 3 is 2.71 bits per heavy atom. The largest absolute Gasteiger partial charge is 0.496 e. The van der Waals surface area contributed by atoms with Crippen LogP contribution >= 0.6 is 11.6 Å². The van der Waals surface area contributed by atoms with Crippen LogP contribution in [-0.4, -0.2) is 55.8 Å². The lowest BCUT2D eigenvalue weighted by molar-refractivity contribution is 0.288. The summed E-state index contributed by atoms with van der Waals surface area (Å²) in [6.07, 6.45) is 1.42. The molecule has 1 aliphatic heterocycles. The average Bonchev–Trinajstić information content (AvgIpc) is 2.72. The molecule has 1 aromatic carbocycles. The van der Waals surface area contributed by atoms with E-state index in [1.165, 1.54) is 6.33 Å². The molecule has 3 heterocycles. The van der Waals surface area contributed by atoms with Crippen molar-refractivity contribution in [2.75, 3.05) is 36.6 Å². The Balaban J connectivity index is 1.67. The van der Waals surface area contributed by atoms with Crippen molar-refractivity contribution in [2.24, 2.45) is 0 Å². The van der Waals surface area contributed by atoms with Crippen LogP contribution in [0.1, 0.15) is 5.56 Å². The summed E-state index contributed by atoms with van der Waals surface area (Å²) in [7, 11) is 0.822. The summed E-state index contributed by atoms with van der Waals surface area (Å²) >= 11 is 6.17. The molecule has 0 N–H and O–H groups in total. The average molecular weight is 420 g/mol. The molecular formula is C18H18ClN5O3S. The quantitative estimate of drug-likeness (QED) is 0.581. The summed E-state index contributed by atoms with van der Waals surface area (Å²) in [5.74, 6) is 2.84. The number of benzene rings is 1. The summed E-state index contributed by atoms with van der Waals surface area (Å²) < 4.78 is 22.9. The van der Waals surface area contributed by atoms with Crippen molar-refractivity contribution < 1.29 is 13.7 Å². The van der Waals surface area contributed by atoms with Crippen LogP contribution in [0.3, 0.4) is 0 Å². The molecule has 1 fully saturated rings. The maximum absolute atomic E-state index is 11.7. The molecule has 28 heavy (non-hydrogen) atoms. The van der Waals surface area contributed by atoms with Crippen LogP contribution < -0.4 is 14.4 Å². The second kappa shape index (κ2) is 8.24. The topological polar surface area (TPSA) is 90.3 Å². The Kier molecular flexibility index (Phi) is 5.54. The van der Waals surface area contributed by atoms with Crippen LogP contribution in [0, 0.1) is 0 Å². The molecular weight excluding hydrogens is 402 g/mol. The predicted octanol–water partition coefficient (Wildman–Crippen LogP) is 2.23. The van der Waals surface area contributed by atoms with Gasteiger partial charge in [-0.2, -0.15) is 9.97 Å². The highest BCUT2D eigenvalue weighted by molar-refractivity contribution is 7.85. The van der Waals surface area contributed by atoms with Gasteiger partial charge in [-0.15, -0.1) is 0 Å². The third-order valence-electron chi connectivity index (χ3n) is 4.44. The fourth-order valence-corrected chi connectivity index (χ4v) is 4.25. The summed E-state index contributed by atoms with van der Waals surface area (Å²) in [4.78, 5) is 19.2. The zero-order valence-electron chi connectivity index (χ0n) is 15.2. The standard InChI is InChI=1S/C18H18ClN5O3S/c1-26-13-5-3-2-4-12(13)10-27-17-15-14(20-11-21-17)16(23-18(19)22-15)24-6-8-28(25)9-7-24/h2-5,11H,6-10H2,1H3. The number of hydrogen-bond acceptors (Lipinski definition) is 8. The zero-order valence-corrected chi connectivity index (χ0v) is 16.7. The predicted molar refractivity (Wildman–Crippen MR) is 108 cm³/mol. The highest BCUT2D eigenvalue weighted by Crippen LogP contribution is 2.29. The maximum atomic E-state index is 11.7. The van der Waals surface area contributed by atoms with E-state index in [0.717, 1.165) is 11.3 Å². The van der Waals surface area contributed by atoms with E-state index in [1.807, 2.05) is 29.2 Å². The smallest absolute Gasteiger partial charge is 0.244 e. The van der Waals surface area contributed by atoms with Gasteiger partial charge in [-0.05, 0) is 17.7 Å². The molecule has 2 aromatic heterocycles.